The quantitative estimate of drug-likeness (QED) is 0.559. The second-order valence-electron chi connectivity index (χ2n) is 5.66. The van der Waals surface area contributed by atoms with Gasteiger partial charge in [-0.3, -0.25) is 0 Å². The van der Waals surface area contributed by atoms with Gasteiger partial charge in [-0.15, -0.1) is 5.10 Å². The first-order chi connectivity index (χ1) is 12.5. The van der Waals surface area contributed by atoms with Crippen molar-refractivity contribution in [3.63, 3.8) is 0 Å². The SMILES string of the molecule is NS(=O)(=O)c1nn2cc(-c3ccc(-c4ccccc4CO)cc3)nc2s1. The number of hydrogen-bond acceptors (Lipinski definition) is 6. The molecule has 132 valence electrons. The van der Waals surface area contributed by atoms with Crippen LogP contribution in [0.4, 0.5) is 0 Å². The predicted octanol–water partition coefficient (Wildman–Crippen LogP) is 2.26. The zero-order valence-corrected chi connectivity index (χ0v) is 15.0. The highest BCUT2D eigenvalue weighted by molar-refractivity contribution is 7.91. The van der Waals surface area contributed by atoms with Gasteiger partial charge in [0, 0.05) is 5.56 Å². The maximum absolute atomic E-state index is 11.3. The molecule has 0 saturated carbocycles. The lowest BCUT2D eigenvalue weighted by atomic mass is 9.98. The van der Waals surface area contributed by atoms with Gasteiger partial charge in [0.15, 0.2) is 0 Å². The molecule has 0 aliphatic rings. The smallest absolute Gasteiger partial charge is 0.267 e. The molecule has 0 atom stereocenters. The Morgan fingerprint density at radius 1 is 1.08 bits per heavy atom. The predicted molar refractivity (Wildman–Crippen MR) is 99.0 cm³/mol. The summed E-state index contributed by atoms with van der Waals surface area (Å²) in [5, 5.41) is 18.5. The summed E-state index contributed by atoms with van der Waals surface area (Å²) in [5.74, 6) is 0. The van der Waals surface area contributed by atoms with E-state index in [1.807, 2.05) is 48.5 Å². The van der Waals surface area contributed by atoms with E-state index in [0.717, 1.165) is 33.6 Å². The van der Waals surface area contributed by atoms with E-state index in [-0.39, 0.29) is 10.9 Å². The van der Waals surface area contributed by atoms with Crippen LogP contribution in [0.25, 0.3) is 27.3 Å². The first-order valence-electron chi connectivity index (χ1n) is 7.64. The molecule has 0 aliphatic carbocycles. The summed E-state index contributed by atoms with van der Waals surface area (Å²) in [6.07, 6.45) is 1.66. The third-order valence-corrected chi connectivity index (χ3v) is 6.18. The van der Waals surface area contributed by atoms with Crippen LogP contribution in [0.2, 0.25) is 0 Å². The molecule has 0 saturated heterocycles. The van der Waals surface area contributed by atoms with Gasteiger partial charge in [0.25, 0.3) is 10.0 Å². The number of rotatable bonds is 4. The number of aromatic nitrogens is 3. The normalized spacial score (nSPS) is 11.9. The summed E-state index contributed by atoms with van der Waals surface area (Å²) in [6.45, 7) is -0.0205. The Bertz CT molecular complexity index is 1160. The maximum Gasteiger partial charge on any atom is 0.267 e. The topological polar surface area (TPSA) is 111 Å². The monoisotopic (exact) mass is 386 g/mol. The Morgan fingerprint density at radius 3 is 2.42 bits per heavy atom. The lowest BCUT2D eigenvalue weighted by molar-refractivity contribution is 0.282. The first kappa shape index (κ1) is 16.9. The number of sulfonamides is 1. The molecule has 0 amide bonds. The molecular formula is C17H14N4O3S2. The second-order valence-corrected chi connectivity index (χ2v) is 8.35. The van der Waals surface area contributed by atoms with E-state index in [4.69, 9.17) is 5.14 Å². The molecule has 0 bridgehead atoms. The van der Waals surface area contributed by atoms with Crippen LogP contribution in [-0.2, 0) is 16.6 Å². The van der Waals surface area contributed by atoms with E-state index in [1.54, 1.807) is 6.20 Å². The fourth-order valence-corrected chi connectivity index (χ4v) is 4.20. The van der Waals surface area contributed by atoms with Crippen molar-refractivity contribution in [2.24, 2.45) is 5.14 Å². The van der Waals surface area contributed by atoms with E-state index in [2.05, 4.69) is 10.1 Å². The minimum Gasteiger partial charge on any atom is -0.392 e. The number of benzene rings is 2. The van der Waals surface area contributed by atoms with E-state index < -0.39 is 10.0 Å². The van der Waals surface area contributed by atoms with Gasteiger partial charge in [0.1, 0.15) is 0 Å². The van der Waals surface area contributed by atoms with Crippen molar-refractivity contribution in [3.8, 4) is 22.4 Å². The van der Waals surface area contributed by atoms with Crippen LogP contribution in [0.1, 0.15) is 5.56 Å². The number of hydrogen-bond donors (Lipinski definition) is 2. The Morgan fingerprint density at radius 2 is 1.77 bits per heavy atom. The zero-order chi connectivity index (χ0) is 18.3. The molecule has 2 aromatic heterocycles. The van der Waals surface area contributed by atoms with Gasteiger partial charge in [-0.25, -0.2) is 23.1 Å². The summed E-state index contributed by atoms with van der Waals surface area (Å²) in [5.41, 5.74) is 4.40. The Kier molecular flexibility index (Phi) is 4.08. The first-order valence-corrected chi connectivity index (χ1v) is 10.0. The van der Waals surface area contributed by atoms with E-state index >= 15 is 0 Å². The number of imidazole rings is 1. The average Bonchev–Trinajstić information content (AvgIpc) is 3.21. The van der Waals surface area contributed by atoms with Gasteiger partial charge in [-0.1, -0.05) is 59.9 Å². The Balaban J connectivity index is 1.68. The van der Waals surface area contributed by atoms with Crippen LogP contribution < -0.4 is 5.14 Å². The summed E-state index contributed by atoms with van der Waals surface area (Å²) in [7, 11) is -3.83. The van der Waals surface area contributed by atoms with Gasteiger partial charge in [0.2, 0.25) is 9.30 Å². The fourth-order valence-electron chi connectivity index (χ4n) is 2.70. The summed E-state index contributed by atoms with van der Waals surface area (Å²) in [6, 6.07) is 15.5. The van der Waals surface area contributed by atoms with Crippen molar-refractivity contribution in [2.45, 2.75) is 10.9 Å². The van der Waals surface area contributed by atoms with Crippen molar-refractivity contribution >= 4 is 26.3 Å². The van der Waals surface area contributed by atoms with E-state index in [9.17, 15) is 13.5 Å². The molecule has 2 heterocycles. The van der Waals surface area contributed by atoms with Crippen molar-refractivity contribution in [3.05, 3.63) is 60.3 Å². The summed E-state index contributed by atoms with van der Waals surface area (Å²) in [4.78, 5) is 4.87. The Hall–Kier alpha value is -2.59. The molecule has 4 rings (SSSR count). The van der Waals surface area contributed by atoms with Crippen molar-refractivity contribution in [1.82, 2.24) is 14.6 Å². The minimum atomic E-state index is -3.83. The molecule has 26 heavy (non-hydrogen) atoms. The third-order valence-electron chi connectivity index (χ3n) is 3.95. The summed E-state index contributed by atoms with van der Waals surface area (Å²) >= 11 is 0.925. The molecule has 2 aromatic carbocycles. The number of nitrogens with zero attached hydrogens (tertiary/aromatic N) is 3. The largest absolute Gasteiger partial charge is 0.392 e. The van der Waals surface area contributed by atoms with Gasteiger partial charge in [-0.05, 0) is 16.7 Å². The number of fused-ring (bicyclic) bond motifs is 1. The molecule has 0 radical (unpaired) electrons. The van der Waals surface area contributed by atoms with Crippen LogP contribution in [0.3, 0.4) is 0 Å². The molecular weight excluding hydrogens is 372 g/mol. The molecule has 4 aromatic rings. The highest BCUT2D eigenvalue weighted by Crippen LogP contribution is 2.28. The molecule has 9 heteroatoms. The second kappa shape index (κ2) is 6.29. The third kappa shape index (κ3) is 3.01. The molecule has 0 aliphatic heterocycles. The van der Waals surface area contributed by atoms with E-state index in [0.29, 0.717) is 10.7 Å². The lowest BCUT2D eigenvalue weighted by Gasteiger charge is -2.07. The van der Waals surface area contributed by atoms with Gasteiger partial charge >= 0.3 is 0 Å². The summed E-state index contributed by atoms with van der Waals surface area (Å²) < 4.78 is 23.9. The van der Waals surface area contributed by atoms with Crippen molar-refractivity contribution in [2.75, 3.05) is 0 Å². The standard InChI is InChI=1S/C17H14N4O3S2/c18-26(23,24)17-20-21-9-15(19-16(21)25-17)12-7-5-11(6-8-12)14-4-2-1-3-13(14)10-22/h1-9,22H,10H2,(H2,18,23,24). The number of nitrogens with two attached hydrogens (primary N) is 1. The molecule has 0 unspecified atom stereocenters. The van der Waals surface area contributed by atoms with E-state index in [1.165, 1.54) is 4.52 Å². The van der Waals surface area contributed by atoms with Crippen LogP contribution in [0, 0.1) is 0 Å². The number of aliphatic hydroxyl groups is 1. The van der Waals surface area contributed by atoms with Crippen LogP contribution in [0.15, 0.2) is 59.1 Å². The fraction of sp³-hybridized carbons (Fsp3) is 0.0588. The lowest BCUT2D eigenvalue weighted by Crippen LogP contribution is -2.12. The van der Waals surface area contributed by atoms with Gasteiger partial charge < -0.3 is 5.11 Å². The minimum absolute atomic E-state index is 0.0205. The molecule has 3 N–H and O–H groups in total. The van der Waals surface area contributed by atoms with Crippen LogP contribution in [-0.4, -0.2) is 28.1 Å². The molecule has 0 spiro atoms. The number of primary sulfonamides is 1. The van der Waals surface area contributed by atoms with Crippen LogP contribution >= 0.6 is 11.3 Å². The zero-order valence-electron chi connectivity index (χ0n) is 13.4. The molecule has 7 nitrogen and oxygen atoms in total. The van der Waals surface area contributed by atoms with Gasteiger partial charge in [0.05, 0.1) is 18.5 Å². The molecule has 0 fully saturated rings. The highest BCUT2D eigenvalue weighted by atomic mass is 32.2. The Labute approximate surface area is 153 Å². The van der Waals surface area contributed by atoms with Crippen molar-refractivity contribution in [1.29, 1.82) is 0 Å². The van der Waals surface area contributed by atoms with Gasteiger partial charge in [-0.2, -0.15) is 0 Å². The number of aliphatic hydroxyl groups excluding tert-OH is 1. The average molecular weight is 386 g/mol. The maximum atomic E-state index is 11.3. The highest BCUT2D eigenvalue weighted by Gasteiger charge is 2.17. The van der Waals surface area contributed by atoms with Crippen molar-refractivity contribution < 1.29 is 13.5 Å². The van der Waals surface area contributed by atoms with Crippen LogP contribution in [0.5, 0.6) is 0 Å².